The van der Waals surface area contributed by atoms with Gasteiger partial charge in [-0.05, 0) is 23.8 Å². The number of phenols is 1. The SMILES string of the molecule is Oc1ccc(Br)cc1CNCC(O)c1ccccc1. The molecule has 0 amide bonds. The Morgan fingerprint density at radius 2 is 1.84 bits per heavy atom. The number of hydrogen-bond acceptors (Lipinski definition) is 3. The summed E-state index contributed by atoms with van der Waals surface area (Å²) in [5.41, 5.74) is 1.68. The van der Waals surface area contributed by atoms with E-state index in [0.717, 1.165) is 15.6 Å². The molecular weight excluding hydrogens is 306 g/mol. The maximum Gasteiger partial charge on any atom is 0.120 e. The highest BCUT2D eigenvalue weighted by Gasteiger charge is 2.07. The standard InChI is InChI=1S/C15H16BrNO2/c16-13-6-7-14(18)12(8-13)9-17-10-15(19)11-4-2-1-3-5-11/h1-8,15,17-19H,9-10H2. The van der Waals surface area contributed by atoms with Crippen LogP contribution in [0.15, 0.2) is 53.0 Å². The molecule has 3 N–H and O–H groups in total. The van der Waals surface area contributed by atoms with Crippen LogP contribution in [0.25, 0.3) is 0 Å². The summed E-state index contributed by atoms with van der Waals surface area (Å²) in [5.74, 6) is 0.255. The number of hydrogen-bond donors (Lipinski definition) is 3. The Balaban J connectivity index is 1.88. The largest absolute Gasteiger partial charge is 0.508 e. The zero-order chi connectivity index (χ0) is 13.7. The summed E-state index contributed by atoms with van der Waals surface area (Å²) in [6.07, 6.45) is -0.546. The molecular formula is C15H16BrNO2. The molecule has 2 rings (SSSR count). The van der Waals surface area contributed by atoms with Crippen LogP contribution in [-0.2, 0) is 6.54 Å². The Kier molecular flexibility index (Phi) is 4.96. The van der Waals surface area contributed by atoms with Crippen molar-refractivity contribution in [2.24, 2.45) is 0 Å². The molecule has 0 aliphatic rings. The van der Waals surface area contributed by atoms with Gasteiger partial charge in [-0.25, -0.2) is 0 Å². The lowest BCUT2D eigenvalue weighted by atomic mass is 10.1. The Bertz CT molecular complexity index is 531. The minimum Gasteiger partial charge on any atom is -0.508 e. The van der Waals surface area contributed by atoms with Gasteiger partial charge in [-0.3, -0.25) is 0 Å². The van der Waals surface area contributed by atoms with Crippen molar-refractivity contribution in [2.45, 2.75) is 12.6 Å². The minimum absolute atomic E-state index is 0.255. The normalized spacial score (nSPS) is 12.3. The molecule has 1 atom stereocenters. The van der Waals surface area contributed by atoms with E-state index in [-0.39, 0.29) is 5.75 Å². The number of aliphatic hydroxyl groups is 1. The molecule has 0 aliphatic heterocycles. The number of aromatic hydroxyl groups is 1. The molecule has 100 valence electrons. The van der Waals surface area contributed by atoms with E-state index in [9.17, 15) is 10.2 Å². The number of aliphatic hydroxyl groups excluding tert-OH is 1. The second-order valence-corrected chi connectivity index (χ2v) is 5.25. The van der Waals surface area contributed by atoms with Crippen LogP contribution in [0.5, 0.6) is 5.75 Å². The minimum atomic E-state index is -0.546. The lowest BCUT2D eigenvalue weighted by molar-refractivity contribution is 0.174. The van der Waals surface area contributed by atoms with Gasteiger partial charge in [0, 0.05) is 23.1 Å². The van der Waals surface area contributed by atoms with Gasteiger partial charge in [0.25, 0.3) is 0 Å². The fourth-order valence-corrected chi connectivity index (χ4v) is 2.24. The summed E-state index contributed by atoms with van der Waals surface area (Å²) in [7, 11) is 0. The molecule has 0 aromatic heterocycles. The van der Waals surface area contributed by atoms with Gasteiger partial charge in [-0.2, -0.15) is 0 Å². The first-order valence-corrected chi connectivity index (χ1v) is 6.87. The smallest absolute Gasteiger partial charge is 0.120 e. The van der Waals surface area contributed by atoms with Crippen LogP contribution < -0.4 is 5.32 Å². The van der Waals surface area contributed by atoms with Gasteiger partial charge in [0.05, 0.1) is 6.10 Å². The summed E-state index contributed by atoms with van der Waals surface area (Å²) in [4.78, 5) is 0. The van der Waals surface area contributed by atoms with Crippen molar-refractivity contribution in [3.05, 3.63) is 64.1 Å². The van der Waals surface area contributed by atoms with E-state index >= 15 is 0 Å². The summed E-state index contributed by atoms with van der Waals surface area (Å²) < 4.78 is 0.922. The molecule has 0 fully saturated rings. The maximum absolute atomic E-state index is 9.99. The van der Waals surface area contributed by atoms with Gasteiger partial charge in [-0.1, -0.05) is 46.3 Å². The fraction of sp³-hybridized carbons (Fsp3) is 0.200. The highest BCUT2D eigenvalue weighted by molar-refractivity contribution is 9.10. The number of halogens is 1. The topological polar surface area (TPSA) is 52.5 Å². The Hall–Kier alpha value is -1.36. The van der Waals surface area contributed by atoms with Gasteiger partial charge < -0.3 is 15.5 Å². The maximum atomic E-state index is 9.99. The van der Waals surface area contributed by atoms with Crippen LogP contribution in [0.1, 0.15) is 17.2 Å². The fourth-order valence-electron chi connectivity index (χ4n) is 1.83. The number of phenolic OH excluding ortho intramolecular Hbond substituents is 1. The predicted octanol–water partition coefficient (Wildman–Crippen LogP) is 2.98. The molecule has 2 aromatic rings. The quantitative estimate of drug-likeness (QED) is 0.793. The third kappa shape index (κ3) is 4.06. The Labute approximate surface area is 121 Å². The van der Waals surface area contributed by atoms with Crippen LogP contribution in [-0.4, -0.2) is 16.8 Å². The van der Waals surface area contributed by atoms with Crippen molar-refractivity contribution in [1.82, 2.24) is 5.32 Å². The number of nitrogens with one attached hydrogen (secondary N) is 1. The highest BCUT2D eigenvalue weighted by atomic mass is 79.9. The molecule has 3 nitrogen and oxygen atoms in total. The van der Waals surface area contributed by atoms with E-state index in [1.807, 2.05) is 36.4 Å². The first kappa shape index (κ1) is 14.1. The lowest BCUT2D eigenvalue weighted by Gasteiger charge is -2.13. The predicted molar refractivity (Wildman–Crippen MR) is 78.9 cm³/mol. The molecule has 0 spiro atoms. The molecule has 0 bridgehead atoms. The molecule has 1 unspecified atom stereocenters. The zero-order valence-electron chi connectivity index (χ0n) is 10.4. The van der Waals surface area contributed by atoms with Gasteiger partial charge in [0.15, 0.2) is 0 Å². The molecule has 0 radical (unpaired) electrons. The van der Waals surface area contributed by atoms with Crippen LogP contribution in [0.4, 0.5) is 0 Å². The summed E-state index contributed by atoms with van der Waals surface area (Å²) >= 11 is 3.37. The van der Waals surface area contributed by atoms with Gasteiger partial charge in [0.2, 0.25) is 0 Å². The first-order chi connectivity index (χ1) is 9.16. The van der Waals surface area contributed by atoms with Crippen molar-refractivity contribution in [3.63, 3.8) is 0 Å². The molecule has 2 aromatic carbocycles. The number of rotatable bonds is 5. The van der Waals surface area contributed by atoms with E-state index in [0.29, 0.717) is 13.1 Å². The van der Waals surface area contributed by atoms with E-state index < -0.39 is 6.10 Å². The Morgan fingerprint density at radius 3 is 2.58 bits per heavy atom. The third-order valence-corrected chi connectivity index (χ3v) is 3.37. The van der Waals surface area contributed by atoms with Crippen LogP contribution >= 0.6 is 15.9 Å². The third-order valence-electron chi connectivity index (χ3n) is 2.88. The summed E-state index contributed by atoms with van der Waals surface area (Å²) in [5, 5.41) is 22.8. The summed E-state index contributed by atoms with van der Waals surface area (Å²) in [6, 6.07) is 14.8. The van der Waals surface area contributed by atoms with Crippen molar-refractivity contribution in [2.75, 3.05) is 6.54 Å². The highest BCUT2D eigenvalue weighted by Crippen LogP contribution is 2.21. The van der Waals surface area contributed by atoms with Gasteiger partial charge >= 0.3 is 0 Å². The van der Waals surface area contributed by atoms with E-state index in [4.69, 9.17) is 0 Å². The average Bonchev–Trinajstić information content (AvgIpc) is 2.43. The van der Waals surface area contributed by atoms with E-state index in [2.05, 4.69) is 21.2 Å². The zero-order valence-corrected chi connectivity index (χ0v) is 12.0. The number of benzene rings is 2. The monoisotopic (exact) mass is 321 g/mol. The van der Waals surface area contributed by atoms with Crippen LogP contribution in [0.3, 0.4) is 0 Å². The van der Waals surface area contributed by atoms with E-state index in [1.54, 1.807) is 12.1 Å². The van der Waals surface area contributed by atoms with Crippen molar-refractivity contribution >= 4 is 15.9 Å². The lowest BCUT2D eigenvalue weighted by Crippen LogP contribution is -2.21. The molecule has 0 saturated carbocycles. The second-order valence-electron chi connectivity index (χ2n) is 4.33. The molecule has 0 aliphatic carbocycles. The second kappa shape index (κ2) is 6.70. The average molecular weight is 322 g/mol. The Morgan fingerprint density at radius 1 is 1.11 bits per heavy atom. The van der Waals surface area contributed by atoms with Gasteiger partial charge in [-0.15, -0.1) is 0 Å². The van der Waals surface area contributed by atoms with Crippen molar-refractivity contribution in [3.8, 4) is 5.75 Å². The molecule has 0 heterocycles. The van der Waals surface area contributed by atoms with Crippen molar-refractivity contribution < 1.29 is 10.2 Å². The van der Waals surface area contributed by atoms with Gasteiger partial charge in [0.1, 0.15) is 5.75 Å². The van der Waals surface area contributed by atoms with Crippen molar-refractivity contribution in [1.29, 1.82) is 0 Å². The summed E-state index contributed by atoms with van der Waals surface area (Å²) in [6.45, 7) is 0.950. The molecule has 19 heavy (non-hydrogen) atoms. The molecule has 4 heteroatoms. The first-order valence-electron chi connectivity index (χ1n) is 6.08. The molecule has 0 saturated heterocycles. The van der Waals surface area contributed by atoms with E-state index in [1.165, 1.54) is 0 Å². The van der Waals surface area contributed by atoms with Crippen LogP contribution in [0.2, 0.25) is 0 Å². The van der Waals surface area contributed by atoms with Crippen LogP contribution in [0, 0.1) is 0 Å².